The van der Waals surface area contributed by atoms with E-state index in [0.29, 0.717) is 12.8 Å². The normalized spacial score (nSPS) is 16.2. The van der Waals surface area contributed by atoms with Crippen LogP contribution in [0, 0.1) is 11.3 Å². The van der Waals surface area contributed by atoms with E-state index in [4.69, 9.17) is 13.6 Å². The highest BCUT2D eigenvalue weighted by molar-refractivity contribution is 6.74. The first-order valence-electron chi connectivity index (χ1n) is 16.1. The summed E-state index contributed by atoms with van der Waals surface area (Å²) in [6.45, 7) is 34.2. The lowest BCUT2D eigenvalue weighted by Crippen LogP contribution is -2.51. The van der Waals surface area contributed by atoms with Crippen LogP contribution in [-0.2, 0) is 28.0 Å². The van der Waals surface area contributed by atoms with Crippen molar-refractivity contribution in [2.75, 3.05) is 0 Å². The van der Waals surface area contributed by atoms with Gasteiger partial charge in [-0.15, -0.1) is 13.2 Å². The average molecular weight is 637 g/mol. The standard InChI is InChI=1S/C35H64O6Si2/c1-16-21-26(6)22-23-29(28(8)36)39-33(38)25-32(41-43(18-3,19-4)20-5)35(12,13)31(37)24-30(27(7)17-2)40-42(14,15)34(9,10)11/h16-17,22,27,29-30,32H,1-2,18-21,23-25H2,3-15H3/b26-22-/t27-,29-,30+,32-/m0/s1. The molecule has 8 heteroatoms. The van der Waals surface area contributed by atoms with Crippen molar-refractivity contribution in [1.82, 2.24) is 0 Å². The predicted octanol–water partition coefficient (Wildman–Crippen LogP) is 9.38. The Morgan fingerprint density at radius 2 is 1.42 bits per heavy atom. The lowest BCUT2D eigenvalue weighted by molar-refractivity contribution is -0.158. The summed E-state index contributed by atoms with van der Waals surface area (Å²) in [7, 11) is -4.40. The van der Waals surface area contributed by atoms with Crippen LogP contribution in [0.5, 0.6) is 0 Å². The number of esters is 1. The summed E-state index contributed by atoms with van der Waals surface area (Å²) >= 11 is 0. The zero-order valence-electron chi connectivity index (χ0n) is 29.9. The molecule has 0 radical (unpaired) electrons. The van der Waals surface area contributed by atoms with E-state index in [-0.39, 0.29) is 41.5 Å². The van der Waals surface area contributed by atoms with Crippen LogP contribution in [0.4, 0.5) is 0 Å². The van der Waals surface area contributed by atoms with Crippen molar-refractivity contribution >= 4 is 34.2 Å². The molecule has 0 bridgehead atoms. The van der Waals surface area contributed by atoms with Crippen LogP contribution in [0.25, 0.3) is 0 Å². The summed E-state index contributed by atoms with van der Waals surface area (Å²) in [5.74, 6) is -0.782. The fourth-order valence-corrected chi connectivity index (χ4v) is 9.08. The molecule has 0 aromatic heterocycles. The van der Waals surface area contributed by atoms with Crippen LogP contribution in [-0.4, -0.2) is 52.5 Å². The van der Waals surface area contributed by atoms with Gasteiger partial charge in [0.05, 0.1) is 18.6 Å². The van der Waals surface area contributed by atoms with E-state index in [0.717, 1.165) is 23.7 Å². The van der Waals surface area contributed by atoms with Gasteiger partial charge < -0.3 is 13.6 Å². The fraction of sp³-hybridized carbons (Fsp3) is 0.743. The van der Waals surface area contributed by atoms with Gasteiger partial charge in [0.25, 0.3) is 0 Å². The van der Waals surface area contributed by atoms with Crippen LogP contribution in [0.3, 0.4) is 0 Å². The molecule has 0 unspecified atom stereocenters. The molecular weight excluding hydrogens is 573 g/mol. The van der Waals surface area contributed by atoms with Gasteiger partial charge in [-0.05, 0) is 62.5 Å². The molecule has 0 amide bonds. The molecule has 0 aliphatic heterocycles. The second-order valence-electron chi connectivity index (χ2n) is 14.3. The van der Waals surface area contributed by atoms with Gasteiger partial charge in [-0.3, -0.25) is 14.4 Å². The quantitative estimate of drug-likeness (QED) is 0.0710. The highest BCUT2D eigenvalue weighted by atomic mass is 28.4. The number of allylic oxidation sites excluding steroid dienone is 2. The van der Waals surface area contributed by atoms with E-state index in [2.05, 4.69) is 67.8 Å². The minimum absolute atomic E-state index is 0.0125. The van der Waals surface area contributed by atoms with Crippen molar-refractivity contribution in [3.8, 4) is 0 Å². The largest absolute Gasteiger partial charge is 0.454 e. The van der Waals surface area contributed by atoms with Gasteiger partial charge in [0.2, 0.25) is 0 Å². The number of ether oxygens (including phenoxy) is 1. The minimum Gasteiger partial charge on any atom is -0.454 e. The van der Waals surface area contributed by atoms with Crippen LogP contribution < -0.4 is 0 Å². The summed E-state index contributed by atoms with van der Waals surface area (Å²) < 4.78 is 19.4. The minimum atomic E-state index is -2.22. The number of hydrogen-bond donors (Lipinski definition) is 0. The molecule has 0 aromatic carbocycles. The van der Waals surface area contributed by atoms with Crippen LogP contribution in [0.15, 0.2) is 37.0 Å². The van der Waals surface area contributed by atoms with Gasteiger partial charge in [-0.2, -0.15) is 0 Å². The molecular formula is C35H64O6Si2. The van der Waals surface area contributed by atoms with Gasteiger partial charge in [0.1, 0.15) is 5.78 Å². The number of hydrogen-bond acceptors (Lipinski definition) is 6. The van der Waals surface area contributed by atoms with E-state index in [1.54, 1.807) is 6.08 Å². The molecule has 6 nitrogen and oxygen atoms in total. The van der Waals surface area contributed by atoms with E-state index in [9.17, 15) is 14.4 Å². The average Bonchev–Trinajstić information content (AvgIpc) is 2.91. The van der Waals surface area contributed by atoms with Crippen LogP contribution in [0.2, 0.25) is 36.3 Å². The Morgan fingerprint density at radius 3 is 1.84 bits per heavy atom. The second kappa shape index (κ2) is 17.8. The fourth-order valence-electron chi connectivity index (χ4n) is 4.69. The summed E-state index contributed by atoms with van der Waals surface area (Å²) in [5.41, 5.74) is 0.0666. The maximum Gasteiger partial charge on any atom is 0.309 e. The molecule has 0 saturated heterocycles. The summed E-state index contributed by atoms with van der Waals surface area (Å²) in [6, 6.07) is 2.64. The topological polar surface area (TPSA) is 78.9 Å². The molecule has 0 spiro atoms. The monoisotopic (exact) mass is 636 g/mol. The Labute approximate surface area is 266 Å². The maximum absolute atomic E-state index is 14.2. The zero-order chi connectivity index (χ0) is 33.8. The zero-order valence-corrected chi connectivity index (χ0v) is 31.9. The third-order valence-corrected chi connectivity index (χ3v) is 18.8. The molecule has 0 saturated carbocycles. The van der Waals surface area contributed by atoms with Gasteiger partial charge in [0, 0.05) is 18.3 Å². The van der Waals surface area contributed by atoms with Gasteiger partial charge in [-0.1, -0.05) is 86.1 Å². The molecule has 43 heavy (non-hydrogen) atoms. The predicted molar refractivity (Wildman–Crippen MR) is 185 cm³/mol. The molecule has 0 fully saturated rings. The van der Waals surface area contributed by atoms with Gasteiger partial charge >= 0.3 is 5.97 Å². The molecule has 0 aliphatic carbocycles. The Hall–Kier alpha value is -1.62. The molecule has 0 rings (SSSR count). The molecule has 0 aliphatic rings. The highest BCUT2D eigenvalue weighted by Crippen LogP contribution is 2.40. The summed E-state index contributed by atoms with van der Waals surface area (Å²) in [5, 5.41) is -0.0125. The summed E-state index contributed by atoms with van der Waals surface area (Å²) in [4.78, 5) is 40.0. The van der Waals surface area contributed by atoms with Crippen molar-refractivity contribution in [2.24, 2.45) is 11.3 Å². The third-order valence-electron chi connectivity index (χ3n) is 9.67. The van der Waals surface area contributed by atoms with Crippen molar-refractivity contribution in [1.29, 1.82) is 0 Å². The number of rotatable bonds is 21. The SMILES string of the molecule is C=CC/C(C)=C\C[C@H](OC(=O)C[C@H](O[Si](CC)(CC)CC)C(C)(C)C(=O)C[C@@H](O[Si](C)(C)C(C)(C)C)[C@@H](C)C=C)C(C)=O. The Kier molecular flexibility index (Phi) is 17.1. The molecule has 0 heterocycles. The third kappa shape index (κ3) is 12.7. The van der Waals surface area contributed by atoms with Crippen LogP contribution in [0.1, 0.15) is 102 Å². The summed E-state index contributed by atoms with van der Waals surface area (Å²) in [6.07, 6.45) is 4.77. The molecule has 0 N–H and O–H groups in total. The van der Waals surface area contributed by atoms with E-state index < -0.39 is 40.2 Å². The first kappa shape index (κ1) is 41.4. The first-order valence-corrected chi connectivity index (χ1v) is 21.6. The lowest BCUT2D eigenvalue weighted by atomic mass is 9.77. The van der Waals surface area contributed by atoms with Gasteiger partial charge in [0.15, 0.2) is 28.5 Å². The molecule has 4 atom stereocenters. The number of carbonyl (C=O) groups is 3. The van der Waals surface area contributed by atoms with Crippen molar-refractivity contribution < 1.29 is 28.0 Å². The van der Waals surface area contributed by atoms with Gasteiger partial charge in [-0.25, -0.2) is 0 Å². The van der Waals surface area contributed by atoms with Crippen LogP contribution >= 0.6 is 0 Å². The van der Waals surface area contributed by atoms with E-state index in [1.165, 1.54) is 6.92 Å². The van der Waals surface area contributed by atoms with Crippen molar-refractivity contribution in [3.63, 3.8) is 0 Å². The Morgan fingerprint density at radius 1 is 0.884 bits per heavy atom. The maximum atomic E-state index is 14.2. The lowest BCUT2D eigenvalue weighted by Gasteiger charge is -2.43. The van der Waals surface area contributed by atoms with E-state index in [1.807, 2.05) is 39.8 Å². The number of Topliss-reactive ketones (excluding diaryl/α,β-unsaturated/α-hetero) is 2. The Bertz CT molecular complexity index is 963. The number of ketones is 2. The van der Waals surface area contributed by atoms with E-state index >= 15 is 0 Å². The molecule has 0 aromatic rings. The van der Waals surface area contributed by atoms with Crippen molar-refractivity contribution in [3.05, 3.63) is 37.0 Å². The number of carbonyl (C=O) groups excluding carboxylic acids is 3. The first-order chi connectivity index (χ1) is 19.7. The Balaban J connectivity index is 6.36. The highest BCUT2D eigenvalue weighted by Gasteiger charge is 2.46. The molecule has 248 valence electrons. The second-order valence-corrected chi connectivity index (χ2v) is 23.8. The smallest absolute Gasteiger partial charge is 0.309 e. The van der Waals surface area contributed by atoms with Crippen molar-refractivity contribution in [2.45, 2.75) is 156 Å².